The maximum Gasteiger partial charge on any atom is 0.257 e. The molecular weight excluding hydrogens is 362 g/mol. The number of hydrogen-bond donors (Lipinski definition) is 3. The predicted molar refractivity (Wildman–Crippen MR) is 103 cm³/mol. The van der Waals surface area contributed by atoms with Crippen molar-refractivity contribution in [1.29, 1.82) is 0 Å². The summed E-state index contributed by atoms with van der Waals surface area (Å²) < 4.78 is 11.1. The smallest absolute Gasteiger partial charge is 0.257 e. The average Bonchev–Trinajstić information content (AvgIpc) is 2.70. The number of aliphatic hydroxyl groups excluding tert-OH is 1. The van der Waals surface area contributed by atoms with Crippen LogP contribution in [0.3, 0.4) is 0 Å². The van der Waals surface area contributed by atoms with Gasteiger partial charge in [-0.05, 0) is 25.0 Å². The van der Waals surface area contributed by atoms with E-state index in [0.29, 0.717) is 37.7 Å². The Labute approximate surface area is 165 Å². The zero-order valence-electron chi connectivity index (χ0n) is 16.1. The Morgan fingerprint density at radius 3 is 1.96 bits per heavy atom. The summed E-state index contributed by atoms with van der Waals surface area (Å²) in [5, 5.41) is 16.1. The van der Waals surface area contributed by atoms with Crippen LogP contribution in [0.4, 0.5) is 0 Å². The summed E-state index contributed by atoms with van der Waals surface area (Å²) in [4.78, 5) is 26.4. The van der Waals surface area contributed by atoms with Gasteiger partial charge in [0.15, 0.2) is 24.7 Å². The van der Waals surface area contributed by atoms with E-state index in [2.05, 4.69) is 15.5 Å². The number of aliphatic hydroxyl groups is 1. The highest BCUT2D eigenvalue weighted by molar-refractivity contribution is 5.78. The summed E-state index contributed by atoms with van der Waals surface area (Å²) in [6, 6.07) is 7.01. The van der Waals surface area contributed by atoms with Crippen molar-refractivity contribution in [1.82, 2.24) is 15.5 Å². The molecule has 8 heteroatoms. The number of carbonyl (C=O) groups excluding carboxylic acids is 2. The molecule has 1 aliphatic carbocycles. The van der Waals surface area contributed by atoms with E-state index in [4.69, 9.17) is 9.47 Å². The lowest BCUT2D eigenvalue weighted by atomic mass is 9.91. The second kappa shape index (κ2) is 10.3. The van der Waals surface area contributed by atoms with Crippen LogP contribution in [0.5, 0.6) is 11.5 Å². The van der Waals surface area contributed by atoms with Gasteiger partial charge in [-0.2, -0.15) is 0 Å². The molecule has 0 radical (unpaired) electrons. The first-order valence-electron chi connectivity index (χ1n) is 9.93. The van der Waals surface area contributed by atoms with Crippen LogP contribution in [0.15, 0.2) is 24.3 Å². The highest BCUT2D eigenvalue weighted by Gasteiger charge is 2.28. The number of nitrogens with one attached hydrogen (secondary N) is 2. The number of ether oxygens (including phenoxy) is 2. The maximum absolute atomic E-state index is 12.1. The number of fused-ring (bicyclic) bond motifs is 1. The van der Waals surface area contributed by atoms with E-state index in [9.17, 15) is 14.7 Å². The molecule has 28 heavy (non-hydrogen) atoms. The van der Waals surface area contributed by atoms with Crippen molar-refractivity contribution in [2.75, 3.05) is 39.4 Å². The summed E-state index contributed by atoms with van der Waals surface area (Å²) in [6.07, 6.45) is 3.46. The minimum Gasteiger partial charge on any atom is -0.480 e. The Kier molecular flexibility index (Phi) is 7.50. The second-order valence-corrected chi connectivity index (χ2v) is 7.18. The van der Waals surface area contributed by atoms with Gasteiger partial charge in [0.2, 0.25) is 0 Å². The Hall–Kier alpha value is -2.32. The van der Waals surface area contributed by atoms with Crippen molar-refractivity contribution < 1.29 is 24.2 Å². The van der Waals surface area contributed by atoms with Crippen LogP contribution in [0, 0.1) is 0 Å². The number of para-hydroxylation sites is 2. The fraction of sp³-hybridized carbons (Fsp3) is 0.600. The molecule has 0 saturated heterocycles. The number of benzene rings is 1. The number of hydrogen-bond acceptors (Lipinski definition) is 6. The van der Waals surface area contributed by atoms with E-state index >= 15 is 0 Å². The minimum absolute atomic E-state index is 0.0509. The standard InChI is InChI=1S/C20H29N3O5/c24-16-6-2-1-5-15(16)23-11-9-21-19(25)13-27-17-7-3-4-8-18(17)28-14-20(26)22-10-12-23/h3-4,7-8,15-16,24H,1-2,5-6,9-14H2,(H,21,25)(H,22,26)/t15-,16-/m0/s1. The Morgan fingerprint density at radius 1 is 0.893 bits per heavy atom. The summed E-state index contributed by atoms with van der Waals surface area (Å²) in [5.41, 5.74) is 0. The molecular formula is C20H29N3O5. The summed E-state index contributed by atoms with van der Waals surface area (Å²) in [5.74, 6) is 0.408. The van der Waals surface area contributed by atoms with Crippen LogP contribution in [0.1, 0.15) is 25.7 Å². The molecule has 2 atom stereocenters. The van der Waals surface area contributed by atoms with Gasteiger partial charge in [-0.1, -0.05) is 25.0 Å². The third-order valence-corrected chi connectivity index (χ3v) is 5.17. The van der Waals surface area contributed by atoms with Crippen molar-refractivity contribution in [2.24, 2.45) is 0 Å². The van der Waals surface area contributed by atoms with Crippen LogP contribution in [-0.2, 0) is 9.59 Å². The Morgan fingerprint density at radius 2 is 1.43 bits per heavy atom. The molecule has 3 N–H and O–H groups in total. The first kappa shape index (κ1) is 20.4. The van der Waals surface area contributed by atoms with E-state index in [1.807, 2.05) is 0 Å². The van der Waals surface area contributed by atoms with Crippen molar-refractivity contribution in [3.8, 4) is 11.5 Å². The van der Waals surface area contributed by atoms with E-state index in [-0.39, 0.29) is 37.2 Å². The Bertz CT molecular complexity index is 624. The van der Waals surface area contributed by atoms with Crippen LogP contribution in [-0.4, -0.2) is 73.4 Å². The molecule has 2 amide bonds. The summed E-state index contributed by atoms with van der Waals surface area (Å²) in [6.45, 7) is 1.87. The zero-order chi connectivity index (χ0) is 19.8. The fourth-order valence-electron chi connectivity index (χ4n) is 3.72. The van der Waals surface area contributed by atoms with Crippen molar-refractivity contribution in [3.63, 3.8) is 0 Å². The van der Waals surface area contributed by atoms with E-state index < -0.39 is 0 Å². The molecule has 1 aliphatic heterocycles. The number of rotatable bonds is 1. The lowest BCUT2D eigenvalue weighted by molar-refractivity contribution is -0.124. The van der Waals surface area contributed by atoms with Crippen molar-refractivity contribution >= 4 is 11.8 Å². The van der Waals surface area contributed by atoms with Crippen molar-refractivity contribution in [2.45, 2.75) is 37.8 Å². The van der Waals surface area contributed by atoms with Gasteiger partial charge in [0.05, 0.1) is 6.10 Å². The molecule has 8 nitrogen and oxygen atoms in total. The van der Waals surface area contributed by atoms with Gasteiger partial charge >= 0.3 is 0 Å². The Balaban J connectivity index is 1.65. The number of carbonyl (C=O) groups is 2. The maximum atomic E-state index is 12.1. The molecule has 1 fully saturated rings. The molecule has 2 aliphatic rings. The van der Waals surface area contributed by atoms with Crippen LogP contribution in [0.2, 0.25) is 0 Å². The molecule has 154 valence electrons. The minimum atomic E-state index is -0.372. The van der Waals surface area contributed by atoms with Gasteiger partial charge in [0.25, 0.3) is 11.8 Å². The molecule has 1 aromatic carbocycles. The van der Waals surface area contributed by atoms with Gasteiger partial charge < -0.3 is 25.2 Å². The first-order valence-corrected chi connectivity index (χ1v) is 9.93. The SMILES string of the molecule is O=C1COc2ccccc2OCC(=O)NCCN([C@H]2CCCC[C@@H]2O)CCN1. The molecule has 0 unspecified atom stereocenters. The van der Waals surface area contributed by atoms with Gasteiger partial charge in [-0.3, -0.25) is 14.5 Å². The predicted octanol–water partition coefficient (Wildman–Crippen LogP) is 0.296. The molecule has 0 spiro atoms. The fourth-order valence-corrected chi connectivity index (χ4v) is 3.72. The summed E-state index contributed by atoms with van der Waals surface area (Å²) >= 11 is 0. The molecule has 1 aromatic rings. The van der Waals surface area contributed by atoms with Gasteiger partial charge in [-0.25, -0.2) is 0 Å². The quantitative estimate of drug-likeness (QED) is 0.637. The highest BCUT2D eigenvalue weighted by atomic mass is 16.5. The van der Waals surface area contributed by atoms with E-state index in [1.54, 1.807) is 24.3 Å². The zero-order valence-corrected chi connectivity index (χ0v) is 16.1. The largest absolute Gasteiger partial charge is 0.480 e. The number of nitrogens with zero attached hydrogens (tertiary/aromatic N) is 1. The third-order valence-electron chi connectivity index (χ3n) is 5.17. The first-order chi connectivity index (χ1) is 13.6. The van der Waals surface area contributed by atoms with Gasteiger partial charge in [0.1, 0.15) is 0 Å². The molecule has 0 bridgehead atoms. The second-order valence-electron chi connectivity index (χ2n) is 7.18. The van der Waals surface area contributed by atoms with E-state index in [1.165, 1.54) is 0 Å². The van der Waals surface area contributed by atoms with Gasteiger partial charge in [0, 0.05) is 32.2 Å². The van der Waals surface area contributed by atoms with Crippen LogP contribution < -0.4 is 20.1 Å². The molecule has 3 rings (SSSR count). The highest BCUT2D eigenvalue weighted by Crippen LogP contribution is 2.26. The molecule has 1 heterocycles. The summed E-state index contributed by atoms with van der Waals surface area (Å²) in [7, 11) is 0. The molecule has 1 saturated carbocycles. The van der Waals surface area contributed by atoms with E-state index in [0.717, 1.165) is 25.7 Å². The lowest BCUT2D eigenvalue weighted by Crippen LogP contribution is -2.50. The van der Waals surface area contributed by atoms with Crippen LogP contribution in [0.25, 0.3) is 0 Å². The van der Waals surface area contributed by atoms with Crippen LogP contribution >= 0.6 is 0 Å². The normalized spacial score (nSPS) is 25.8. The average molecular weight is 391 g/mol. The molecule has 0 aromatic heterocycles. The number of amides is 2. The lowest BCUT2D eigenvalue weighted by Gasteiger charge is -2.37. The third kappa shape index (κ3) is 5.84. The monoisotopic (exact) mass is 391 g/mol. The topological polar surface area (TPSA) is 100 Å². The van der Waals surface area contributed by atoms with Gasteiger partial charge in [-0.15, -0.1) is 0 Å². The van der Waals surface area contributed by atoms with Crippen molar-refractivity contribution in [3.05, 3.63) is 24.3 Å².